The first kappa shape index (κ1) is 23.3. The highest BCUT2D eigenvalue weighted by Gasteiger charge is 2.41. The highest BCUT2D eigenvalue weighted by Crippen LogP contribution is 2.35. The van der Waals surface area contributed by atoms with Gasteiger partial charge in [-0.15, -0.1) is 0 Å². The Morgan fingerprint density at radius 1 is 1.00 bits per heavy atom. The van der Waals surface area contributed by atoms with E-state index in [2.05, 4.69) is 19.1 Å². The molecule has 0 aromatic heterocycles. The third-order valence-corrected chi connectivity index (χ3v) is 6.31. The smallest absolute Gasteiger partial charge is 0.250 e. The third kappa shape index (κ3) is 5.06. The van der Waals surface area contributed by atoms with Crippen molar-refractivity contribution in [2.24, 2.45) is 5.10 Å². The highest BCUT2D eigenvalue weighted by molar-refractivity contribution is 6.31. The van der Waals surface area contributed by atoms with Gasteiger partial charge in [-0.2, -0.15) is 5.10 Å². The molecule has 5 nitrogen and oxygen atoms in total. The van der Waals surface area contributed by atoms with Gasteiger partial charge in [0.25, 0.3) is 0 Å². The number of nitrogens with zero attached hydrogens (tertiary/aromatic N) is 3. The summed E-state index contributed by atoms with van der Waals surface area (Å²) in [5.41, 5.74) is 3.36. The van der Waals surface area contributed by atoms with Gasteiger partial charge in [-0.25, -0.2) is 0 Å². The molecule has 3 aromatic rings. The minimum Gasteiger partial charge on any atom is -0.364 e. The zero-order chi connectivity index (χ0) is 23.4. The van der Waals surface area contributed by atoms with Crippen LogP contribution in [0.4, 0.5) is 5.69 Å². The molecule has 1 unspecified atom stereocenters. The van der Waals surface area contributed by atoms with E-state index in [-0.39, 0.29) is 24.6 Å². The van der Waals surface area contributed by atoms with Crippen molar-refractivity contribution >= 4 is 40.5 Å². The van der Waals surface area contributed by atoms with Crippen molar-refractivity contribution in [2.45, 2.75) is 12.3 Å². The molecule has 0 aliphatic carbocycles. The molecule has 0 radical (unpaired) electrons. The van der Waals surface area contributed by atoms with Crippen LogP contribution in [-0.4, -0.2) is 43.6 Å². The van der Waals surface area contributed by atoms with Crippen molar-refractivity contribution in [3.05, 3.63) is 100 Å². The predicted octanol–water partition coefficient (Wildman–Crippen LogP) is 5.61. The van der Waals surface area contributed by atoms with E-state index in [1.165, 1.54) is 0 Å². The quantitative estimate of drug-likeness (QED) is 0.412. The maximum atomic E-state index is 13.3. The van der Waals surface area contributed by atoms with Crippen LogP contribution >= 0.6 is 23.2 Å². The molecule has 1 atom stereocenters. The molecule has 0 saturated heterocycles. The van der Waals surface area contributed by atoms with Crippen LogP contribution in [0.1, 0.15) is 18.1 Å². The maximum Gasteiger partial charge on any atom is 0.250 e. The van der Waals surface area contributed by atoms with Gasteiger partial charge in [0.1, 0.15) is 13.3 Å². The van der Waals surface area contributed by atoms with Crippen molar-refractivity contribution in [3.63, 3.8) is 0 Å². The first-order valence-corrected chi connectivity index (χ1v) is 11.4. The van der Waals surface area contributed by atoms with Crippen LogP contribution < -0.4 is 4.90 Å². The molecule has 33 heavy (non-hydrogen) atoms. The average molecular weight is 482 g/mol. The number of methoxy groups -OCH3 is 1. The Labute approximate surface area is 204 Å². The summed E-state index contributed by atoms with van der Waals surface area (Å²) in [7, 11) is 1.56. The first-order valence-electron chi connectivity index (χ1n) is 10.6. The van der Waals surface area contributed by atoms with Crippen LogP contribution in [0.5, 0.6) is 0 Å². The van der Waals surface area contributed by atoms with E-state index in [0.29, 0.717) is 16.6 Å². The topological polar surface area (TPSA) is 45.1 Å². The highest BCUT2D eigenvalue weighted by atomic mass is 35.5. The summed E-state index contributed by atoms with van der Waals surface area (Å²) in [5, 5.41) is 8.02. The third-order valence-electron chi connectivity index (χ3n) is 5.81. The number of hydrogen-bond acceptors (Lipinski definition) is 4. The molecular weight excluding hydrogens is 457 g/mol. The standard InChI is InChI=1S/C26H25Cl2N3O2/c1-26(20-6-4-3-5-7-20)17-30(29-25(26)19-8-10-21(27)11-9-19)16-24(32)31(18-33-2)23-14-12-22(28)13-15-23/h3-15H,16-18H2,1-2H3. The SMILES string of the molecule is COCN(C(=O)CN1CC(C)(c2ccccc2)C(c2ccc(Cl)cc2)=N1)c1ccc(Cl)cc1. The summed E-state index contributed by atoms with van der Waals surface area (Å²) in [5.74, 6) is -0.115. The molecule has 1 aliphatic heterocycles. The molecule has 0 N–H and O–H groups in total. The molecule has 0 bridgehead atoms. The predicted molar refractivity (Wildman–Crippen MR) is 134 cm³/mol. The van der Waals surface area contributed by atoms with Gasteiger partial charge in [0, 0.05) is 22.8 Å². The number of carbonyl (C=O) groups excluding carboxylic acids is 1. The molecular formula is C26H25Cl2N3O2. The van der Waals surface area contributed by atoms with E-state index >= 15 is 0 Å². The Kier molecular flexibility index (Phi) is 7.03. The van der Waals surface area contributed by atoms with Gasteiger partial charge in [-0.05, 0) is 54.4 Å². The lowest BCUT2D eigenvalue weighted by Crippen LogP contribution is -2.42. The number of ether oxygens (including phenoxy) is 1. The zero-order valence-corrected chi connectivity index (χ0v) is 20.1. The summed E-state index contributed by atoms with van der Waals surface area (Å²) in [6.45, 7) is 2.98. The number of carbonyl (C=O) groups is 1. The lowest BCUT2D eigenvalue weighted by Gasteiger charge is -2.28. The molecule has 170 valence electrons. The number of benzene rings is 3. The summed E-state index contributed by atoms with van der Waals surface area (Å²) < 4.78 is 5.29. The summed E-state index contributed by atoms with van der Waals surface area (Å²) >= 11 is 12.1. The average Bonchev–Trinajstić information content (AvgIpc) is 3.16. The molecule has 3 aromatic carbocycles. The minimum atomic E-state index is -0.387. The van der Waals surface area contributed by atoms with Gasteiger partial charge in [-0.1, -0.05) is 65.7 Å². The van der Waals surface area contributed by atoms with Gasteiger partial charge < -0.3 is 4.74 Å². The molecule has 4 rings (SSSR count). The Morgan fingerprint density at radius 3 is 2.21 bits per heavy atom. The minimum absolute atomic E-state index is 0.115. The lowest BCUT2D eigenvalue weighted by atomic mass is 9.76. The fourth-order valence-corrected chi connectivity index (χ4v) is 4.37. The number of amides is 1. The van der Waals surface area contributed by atoms with E-state index in [0.717, 1.165) is 22.5 Å². The number of anilines is 1. The monoisotopic (exact) mass is 481 g/mol. The van der Waals surface area contributed by atoms with Gasteiger partial charge in [0.05, 0.1) is 17.7 Å². The van der Waals surface area contributed by atoms with Crippen LogP contribution in [0.2, 0.25) is 10.0 Å². The maximum absolute atomic E-state index is 13.3. The van der Waals surface area contributed by atoms with E-state index in [1.54, 1.807) is 36.3 Å². The van der Waals surface area contributed by atoms with Crippen LogP contribution in [-0.2, 0) is 14.9 Å². The van der Waals surface area contributed by atoms with Crippen molar-refractivity contribution in [2.75, 3.05) is 31.8 Å². The molecule has 1 aliphatic rings. The van der Waals surface area contributed by atoms with E-state index < -0.39 is 0 Å². The Hall–Kier alpha value is -2.86. The Balaban J connectivity index is 1.64. The summed E-state index contributed by atoms with van der Waals surface area (Å²) in [6.07, 6.45) is 0. The molecule has 1 amide bonds. The fourth-order valence-electron chi connectivity index (χ4n) is 4.12. The van der Waals surface area contributed by atoms with E-state index in [4.69, 9.17) is 33.0 Å². The van der Waals surface area contributed by atoms with E-state index in [1.807, 2.05) is 47.5 Å². The van der Waals surface area contributed by atoms with Crippen molar-refractivity contribution in [3.8, 4) is 0 Å². The molecule has 0 fully saturated rings. The van der Waals surface area contributed by atoms with Gasteiger partial charge in [-0.3, -0.25) is 14.7 Å². The molecule has 7 heteroatoms. The van der Waals surface area contributed by atoms with Crippen LogP contribution in [0.3, 0.4) is 0 Å². The van der Waals surface area contributed by atoms with Gasteiger partial charge in [0.15, 0.2) is 0 Å². The number of hydrogen-bond donors (Lipinski definition) is 0. The molecule has 0 saturated carbocycles. The normalized spacial score (nSPS) is 17.7. The van der Waals surface area contributed by atoms with E-state index in [9.17, 15) is 4.79 Å². The summed E-state index contributed by atoms with van der Waals surface area (Å²) in [4.78, 5) is 14.9. The lowest BCUT2D eigenvalue weighted by molar-refractivity contribution is -0.120. The zero-order valence-electron chi connectivity index (χ0n) is 18.5. The van der Waals surface area contributed by atoms with Crippen LogP contribution in [0.25, 0.3) is 0 Å². The number of halogens is 2. The second kappa shape index (κ2) is 9.96. The molecule has 0 spiro atoms. The first-order chi connectivity index (χ1) is 15.9. The second-order valence-corrected chi connectivity index (χ2v) is 9.07. The Bertz CT molecular complexity index is 1130. The van der Waals surface area contributed by atoms with Crippen LogP contribution in [0.15, 0.2) is 84.0 Å². The fraction of sp³-hybridized carbons (Fsp3) is 0.231. The Morgan fingerprint density at radius 2 is 1.61 bits per heavy atom. The number of hydrazone groups is 1. The van der Waals surface area contributed by atoms with Crippen molar-refractivity contribution in [1.29, 1.82) is 0 Å². The molecule has 1 heterocycles. The largest absolute Gasteiger partial charge is 0.364 e. The van der Waals surface area contributed by atoms with Gasteiger partial charge in [0.2, 0.25) is 5.91 Å². The van der Waals surface area contributed by atoms with Crippen molar-refractivity contribution < 1.29 is 9.53 Å². The number of rotatable bonds is 7. The van der Waals surface area contributed by atoms with Gasteiger partial charge >= 0.3 is 0 Å². The van der Waals surface area contributed by atoms with Crippen LogP contribution in [0, 0.1) is 0 Å². The summed E-state index contributed by atoms with van der Waals surface area (Å²) in [6, 6.07) is 25.0. The van der Waals surface area contributed by atoms with Crippen molar-refractivity contribution in [1.82, 2.24) is 5.01 Å². The second-order valence-electron chi connectivity index (χ2n) is 8.19.